The van der Waals surface area contributed by atoms with Gasteiger partial charge in [0.2, 0.25) is 0 Å². The summed E-state index contributed by atoms with van der Waals surface area (Å²) in [6.45, 7) is 5.56. The van der Waals surface area contributed by atoms with E-state index in [1.54, 1.807) is 24.3 Å². The number of nitrogens with one attached hydrogen (secondary N) is 1. The van der Waals surface area contributed by atoms with Crippen LogP contribution in [0.15, 0.2) is 24.3 Å². The number of hydrogen-bond acceptors (Lipinski definition) is 6. The largest absolute Gasteiger partial charge is 0.445 e. The highest BCUT2D eigenvalue weighted by Crippen LogP contribution is 2.25. The number of benzene rings is 1. The molecular formula is C18H24N2O6. The van der Waals surface area contributed by atoms with E-state index in [9.17, 15) is 14.4 Å². The van der Waals surface area contributed by atoms with Crippen molar-refractivity contribution in [2.24, 2.45) is 0 Å². The highest BCUT2D eigenvalue weighted by molar-refractivity contribution is 6.21. The molecule has 1 N–H and O–H groups in total. The molecule has 0 aliphatic carbocycles. The maximum Gasteiger partial charge on any atom is 0.407 e. The molecule has 0 saturated heterocycles. The normalized spacial score (nSPS) is 15.0. The van der Waals surface area contributed by atoms with Crippen LogP contribution in [0.5, 0.6) is 0 Å². The van der Waals surface area contributed by atoms with Crippen molar-refractivity contribution >= 4 is 17.9 Å². The van der Waals surface area contributed by atoms with Crippen molar-refractivity contribution in [1.82, 2.24) is 10.2 Å². The van der Waals surface area contributed by atoms with Crippen LogP contribution in [0.1, 0.15) is 41.5 Å². The lowest BCUT2D eigenvalue weighted by molar-refractivity contribution is -0.0726. The Balaban J connectivity index is 2.11. The zero-order valence-electron chi connectivity index (χ0n) is 15.4. The van der Waals surface area contributed by atoms with Gasteiger partial charge in [-0.2, -0.15) is 0 Å². The first-order chi connectivity index (χ1) is 12.2. The number of carbonyl (C=O) groups excluding carboxylic acids is 3. The second-order valence-corrected chi connectivity index (χ2v) is 6.82. The highest BCUT2D eigenvalue weighted by Gasteiger charge is 2.41. The molecule has 26 heavy (non-hydrogen) atoms. The Hall–Kier alpha value is -2.45. The Labute approximate surface area is 152 Å². The maximum absolute atomic E-state index is 12.6. The van der Waals surface area contributed by atoms with Crippen LogP contribution in [0.25, 0.3) is 0 Å². The Morgan fingerprint density at radius 1 is 1.12 bits per heavy atom. The van der Waals surface area contributed by atoms with E-state index in [1.807, 2.05) is 20.8 Å². The third kappa shape index (κ3) is 4.80. The molecule has 0 fully saturated rings. The predicted molar refractivity (Wildman–Crippen MR) is 92.8 cm³/mol. The van der Waals surface area contributed by atoms with Gasteiger partial charge >= 0.3 is 6.09 Å². The lowest BCUT2D eigenvalue weighted by atomic mass is 10.1. The van der Waals surface area contributed by atoms with E-state index in [4.69, 9.17) is 14.2 Å². The Bertz CT molecular complexity index is 648. The molecule has 0 saturated carbocycles. The summed E-state index contributed by atoms with van der Waals surface area (Å²) in [5.74, 6) is -0.958. The second kappa shape index (κ2) is 8.29. The molecule has 0 spiro atoms. The Morgan fingerprint density at radius 2 is 1.69 bits per heavy atom. The van der Waals surface area contributed by atoms with Crippen LogP contribution in [-0.2, 0) is 14.2 Å². The summed E-state index contributed by atoms with van der Waals surface area (Å²) >= 11 is 0. The first-order valence-corrected chi connectivity index (χ1v) is 8.27. The molecule has 1 atom stereocenters. The van der Waals surface area contributed by atoms with E-state index in [1.165, 1.54) is 7.11 Å². The fourth-order valence-electron chi connectivity index (χ4n) is 2.42. The second-order valence-electron chi connectivity index (χ2n) is 6.82. The monoisotopic (exact) mass is 364 g/mol. The van der Waals surface area contributed by atoms with Gasteiger partial charge in [0, 0.05) is 12.6 Å². The van der Waals surface area contributed by atoms with Crippen molar-refractivity contribution in [3.05, 3.63) is 35.4 Å². The van der Waals surface area contributed by atoms with Gasteiger partial charge in [-0.3, -0.25) is 9.59 Å². The van der Waals surface area contributed by atoms with Crippen LogP contribution in [0.2, 0.25) is 0 Å². The van der Waals surface area contributed by atoms with Gasteiger partial charge in [-0.1, -0.05) is 12.1 Å². The lowest BCUT2D eigenvalue weighted by Crippen LogP contribution is -2.47. The summed E-state index contributed by atoms with van der Waals surface area (Å²) < 4.78 is 15.7. The van der Waals surface area contributed by atoms with E-state index < -0.39 is 29.7 Å². The summed E-state index contributed by atoms with van der Waals surface area (Å²) in [5, 5.41) is 2.64. The molecular weight excluding hydrogens is 340 g/mol. The molecule has 1 heterocycles. The fourth-order valence-corrected chi connectivity index (χ4v) is 2.42. The van der Waals surface area contributed by atoms with Crippen molar-refractivity contribution in [3.8, 4) is 0 Å². The van der Waals surface area contributed by atoms with Crippen molar-refractivity contribution in [1.29, 1.82) is 0 Å². The predicted octanol–water partition coefficient (Wildman–Crippen LogP) is 1.80. The molecule has 3 amide bonds. The van der Waals surface area contributed by atoms with E-state index in [-0.39, 0.29) is 19.8 Å². The van der Waals surface area contributed by atoms with Crippen molar-refractivity contribution in [2.45, 2.75) is 32.5 Å². The van der Waals surface area contributed by atoms with Crippen LogP contribution >= 0.6 is 0 Å². The number of amides is 3. The summed E-state index contributed by atoms with van der Waals surface area (Å²) in [5.41, 5.74) is 0.132. The molecule has 1 aliphatic rings. The van der Waals surface area contributed by atoms with E-state index in [2.05, 4.69) is 5.32 Å². The van der Waals surface area contributed by atoms with Crippen LogP contribution in [0.3, 0.4) is 0 Å². The van der Waals surface area contributed by atoms with E-state index in [0.29, 0.717) is 11.1 Å². The van der Waals surface area contributed by atoms with Gasteiger partial charge in [0.25, 0.3) is 11.8 Å². The Kier molecular flexibility index (Phi) is 6.33. The standard InChI is InChI=1S/C18H24N2O6/c1-18(2,3)19-17(23)26-11-14(25-10-9-24-4)20-15(21)12-7-5-6-8-13(12)16(20)22/h5-8,14H,9-11H2,1-4H3,(H,19,23). The highest BCUT2D eigenvalue weighted by atomic mass is 16.6. The number of carbonyl (C=O) groups is 3. The molecule has 8 nitrogen and oxygen atoms in total. The summed E-state index contributed by atoms with van der Waals surface area (Å²) in [7, 11) is 1.51. The van der Waals surface area contributed by atoms with Crippen molar-refractivity contribution < 1.29 is 28.6 Å². The number of hydrogen-bond donors (Lipinski definition) is 1. The third-order valence-electron chi connectivity index (χ3n) is 3.55. The number of ether oxygens (including phenoxy) is 3. The van der Waals surface area contributed by atoms with Gasteiger partial charge in [-0.25, -0.2) is 9.69 Å². The molecule has 2 rings (SSSR count). The van der Waals surface area contributed by atoms with Gasteiger partial charge in [0.05, 0.1) is 24.3 Å². The average Bonchev–Trinajstić information content (AvgIpc) is 2.81. The van der Waals surface area contributed by atoms with Crippen LogP contribution in [0, 0.1) is 0 Å². The lowest BCUT2D eigenvalue weighted by Gasteiger charge is -2.27. The van der Waals surface area contributed by atoms with Gasteiger partial charge in [-0.05, 0) is 32.9 Å². The number of nitrogens with zero attached hydrogens (tertiary/aromatic N) is 1. The van der Waals surface area contributed by atoms with Gasteiger partial charge in [0.1, 0.15) is 6.61 Å². The van der Waals surface area contributed by atoms with Gasteiger partial charge in [0.15, 0.2) is 6.23 Å². The van der Waals surface area contributed by atoms with Gasteiger partial charge in [-0.15, -0.1) is 0 Å². The maximum atomic E-state index is 12.6. The molecule has 1 aliphatic heterocycles. The van der Waals surface area contributed by atoms with E-state index >= 15 is 0 Å². The number of rotatable bonds is 7. The number of alkyl carbamates (subject to hydrolysis) is 1. The Morgan fingerprint density at radius 3 is 2.19 bits per heavy atom. The quantitative estimate of drug-likeness (QED) is 0.586. The smallest absolute Gasteiger partial charge is 0.407 e. The first-order valence-electron chi connectivity index (χ1n) is 8.27. The molecule has 0 radical (unpaired) electrons. The van der Waals surface area contributed by atoms with Crippen LogP contribution in [0.4, 0.5) is 4.79 Å². The minimum Gasteiger partial charge on any atom is -0.445 e. The first kappa shape index (κ1) is 19.9. The molecule has 1 unspecified atom stereocenters. The zero-order valence-corrected chi connectivity index (χ0v) is 15.4. The minimum atomic E-state index is -1.04. The van der Waals surface area contributed by atoms with Crippen molar-refractivity contribution in [2.75, 3.05) is 26.9 Å². The average molecular weight is 364 g/mol. The third-order valence-corrected chi connectivity index (χ3v) is 3.55. The molecule has 8 heteroatoms. The molecule has 142 valence electrons. The molecule has 1 aromatic carbocycles. The number of methoxy groups -OCH3 is 1. The SMILES string of the molecule is COCCOC(COC(=O)NC(C)(C)C)N1C(=O)c2ccccc2C1=O. The van der Waals surface area contributed by atoms with Crippen LogP contribution in [-0.4, -0.2) is 61.5 Å². The van der Waals surface area contributed by atoms with Crippen LogP contribution < -0.4 is 5.32 Å². The topological polar surface area (TPSA) is 94.2 Å². The molecule has 1 aromatic rings. The van der Waals surface area contributed by atoms with Gasteiger partial charge < -0.3 is 19.5 Å². The number of imide groups is 1. The minimum absolute atomic E-state index is 0.138. The summed E-state index contributed by atoms with van der Waals surface area (Å²) in [4.78, 5) is 38.0. The molecule has 0 bridgehead atoms. The number of fused-ring (bicyclic) bond motifs is 1. The fraction of sp³-hybridized carbons (Fsp3) is 0.500. The van der Waals surface area contributed by atoms with Crippen molar-refractivity contribution in [3.63, 3.8) is 0 Å². The van der Waals surface area contributed by atoms with E-state index in [0.717, 1.165) is 4.90 Å². The summed E-state index contributed by atoms with van der Waals surface area (Å²) in [6.07, 6.45) is -1.70. The molecule has 0 aromatic heterocycles. The summed E-state index contributed by atoms with van der Waals surface area (Å²) in [6, 6.07) is 6.52. The zero-order chi connectivity index (χ0) is 19.3.